The molecule has 0 spiro atoms. The standard InChI is InChI=1S/C17H19F2NO5/c18-10-1-2-13(12(19)9-10)24-11-5-7-20(8-6-11)16(21)14-3-4-15(25-14)17(22)23/h1-2,9,11,14-15H,3-8H2,(H,22,23)/t14-,15+/m0/s1. The molecule has 2 aliphatic rings. The first-order valence-corrected chi connectivity index (χ1v) is 8.23. The molecule has 8 heteroatoms. The third-order valence-corrected chi connectivity index (χ3v) is 4.51. The van der Waals surface area contributed by atoms with Gasteiger partial charge < -0.3 is 19.5 Å². The van der Waals surface area contributed by atoms with Crippen LogP contribution in [0.15, 0.2) is 18.2 Å². The summed E-state index contributed by atoms with van der Waals surface area (Å²) in [4.78, 5) is 24.9. The molecule has 2 atom stereocenters. The van der Waals surface area contributed by atoms with Crippen LogP contribution < -0.4 is 4.74 Å². The first kappa shape index (κ1) is 17.6. The average Bonchev–Trinajstić information content (AvgIpc) is 3.08. The fraction of sp³-hybridized carbons (Fsp3) is 0.529. The van der Waals surface area contributed by atoms with Crippen molar-refractivity contribution in [1.82, 2.24) is 4.90 Å². The molecule has 2 fully saturated rings. The molecule has 0 saturated carbocycles. The van der Waals surface area contributed by atoms with E-state index in [1.165, 1.54) is 6.07 Å². The maximum atomic E-state index is 13.6. The molecule has 0 aromatic heterocycles. The first-order chi connectivity index (χ1) is 11.9. The van der Waals surface area contributed by atoms with Crippen LogP contribution in [0.4, 0.5) is 8.78 Å². The number of carbonyl (C=O) groups is 2. The Kier molecular flexibility index (Phi) is 5.17. The van der Waals surface area contributed by atoms with Crippen LogP contribution in [-0.4, -0.2) is 53.3 Å². The molecule has 0 aliphatic carbocycles. The van der Waals surface area contributed by atoms with Gasteiger partial charge in [0.05, 0.1) is 0 Å². The van der Waals surface area contributed by atoms with Crippen LogP contribution in [0.5, 0.6) is 5.75 Å². The SMILES string of the molecule is O=C(O)[C@H]1CC[C@@H](C(=O)N2CCC(Oc3ccc(F)cc3F)CC2)O1. The lowest BCUT2D eigenvalue weighted by atomic mass is 10.1. The van der Waals surface area contributed by atoms with E-state index in [2.05, 4.69) is 0 Å². The van der Waals surface area contributed by atoms with E-state index in [4.69, 9.17) is 14.6 Å². The highest BCUT2D eigenvalue weighted by atomic mass is 19.1. The van der Waals surface area contributed by atoms with E-state index in [0.717, 1.165) is 12.1 Å². The van der Waals surface area contributed by atoms with Crippen molar-refractivity contribution in [2.75, 3.05) is 13.1 Å². The van der Waals surface area contributed by atoms with Crippen LogP contribution in [0, 0.1) is 11.6 Å². The largest absolute Gasteiger partial charge is 0.487 e. The second-order valence-corrected chi connectivity index (χ2v) is 6.25. The number of nitrogens with zero attached hydrogens (tertiary/aromatic N) is 1. The topological polar surface area (TPSA) is 76.1 Å². The maximum absolute atomic E-state index is 13.6. The minimum atomic E-state index is -1.05. The second kappa shape index (κ2) is 7.35. The molecule has 1 N–H and O–H groups in total. The smallest absolute Gasteiger partial charge is 0.332 e. The lowest BCUT2D eigenvalue weighted by Gasteiger charge is -2.33. The van der Waals surface area contributed by atoms with Crippen LogP contribution >= 0.6 is 0 Å². The minimum Gasteiger partial charge on any atom is -0.487 e. The number of rotatable bonds is 4. The van der Waals surface area contributed by atoms with Gasteiger partial charge in [0.2, 0.25) is 0 Å². The minimum absolute atomic E-state index is 0.00500. The van der Waals surface area contributed by atoms with Gasteiger partial charge in [0, 0.05) is 32.0 Å². The van der Waals surface area contributed by atoms with Crippen LogP contribution in [0.3, 0.4) is 0 Å². The molecule has 0 radical (unpaired) electrons. The van der Waals surface area contributed by atoms with Gasteiger partial charge >= 0.3 is 5.97 Å². The zero-order chi connectivity index (χ0) is 18.0. The van der Waals surface area contributed by atoms with Gasteiger partial charge in [-0.1, -0.05) is 0 Å². The lowest BCUT2D eigenvalue weighted by molar-refractivity contribution is -0.155. The highest BCUT2D eigenvalue weighted by molar-refractivity contribution is 5.82. The molecule has 0 unspecified atom stereocenters. The van der Waals surface area contributed by atoms with Gasteiger partial charge in [-0.25, -0.2) is 13.6 Å². The van der Waals surface area contributed by atoms with E-state index in [-0.39, 0.29) is 17.8 Å². The predicted octanol–water partition coefficient (Wildman–Crippen LogP) is 1.97. The number of halogens is 2. The van der Waals surface area contributed by atoms with Crippen molar-refractivity contribution in [2.24, 2.45) is 0 Å². The van der Waals surface area contributed by atoms with Gasteiger partial charge in [-0.15, -0.1) is 0 Å². The Balaban J connectivity index is 1.50. The monoisotopic (exact) mass is 355 g/mol. The molecule has 1 amide bonds. The highest BCUT2D eigenvalue weighted by Gasteiger charge is 2.37. The summed E-state index contributed by atoms with van der Waals surface area (Å²) in [6.45, 7) is 0.841. The summed E-state index contributed by atoms with van der Waals surface area (Å²) in [6.07, 6.45) is -0.151. The van der Waals surface area contributed by atoms with Crippen molar-refractivity contribution in [1.29, 1.82) is 0 Å². The van der Waals surface area contributed by atoms with E-state index in [1.807, 2.05) is 0 Å². The van der Waals surface area contributed by atoms with Crippen molar-refractivity contribution in [3.05, 3.63) is 29.8 Å². The third-order valence-electron chi connectivity index (χ3n) is 4.51. The maximum Gasteiger partial charge on any atom is 0.332 e. The van der Waals surface area contributed by atoms with Crippen LogP contribution in [0.2, 0.25) is 0 Å². The van der Waals surface area contributed by atoms with Gasteiger partial charge in [-0.3, -0.25) is 4.79 Å². The Bertz CT molecular complexity index is 660. The number of aliphatic carboxylic acids is 1. The van der Waals surface area contributed by atoms with Gasteiger partial charge in [0.25, 0.3) is 5.91 Å². The summed E-state index contributed by atoms with van der Waals surface area (Å²) in [7, 11) is 0. The molecule has 6 nitrogen and oxygen atoms in total. The van der Waals surface area contributed by atoms with E-state index in [0.29, 0.717) is 38.8 Å². The molecule has 1 aromatic carbocycles. The molecule has 1 aromatic rings. The number of carboxylic acids is 1. The number of likely N-dealkylation sites (tertiary alicyclic amines) is 1. The van der Waals surface area contributed by atoms with Crippen molar-refractivity contribution in [2.45, 2.75) is 44.0 Å². The van der Waals surface area contributed by atoms with Crippen molar-refractivity contribution >= 4 is 11.9 Å². The normalized spacial score (nSPS) is 24.3. The van der Waals surface area contributed by atoms with Crippen molar-refractivity contribution in [3.63, 3.8) is 0 Å². The number of piperidine rings is 1. The summed E-state index contributed by atoms with van der Waals surface area (Å²) in [5.74, 6) is -2.69. The van der Waals surface area contributed by atoms with E-state index in [9.17, 15) is 18.4 Å². The zero-order valence-electron chi connectivity index (χ0n) is 13.5. The molecule has 136 valence electrons. The van der Waals surface area contributed by atoms with Gasteiger partial charge in [-0.05, 0) is 25.0 Å². The van der Waals surface area contributed by atoms with Gasteiger partial charge in [-0.2, -0.15) is 0 Å². The Hall–Kier alpha value is -2.22. The van der Waals surface area contributed by atoms with Crippen LogP contribution in [0.25, 0.3) is 0 Å². The average molecular weight is 355 g/mol. The molecule has 25 heavy (non-hydrogen) atoms. The first-order valence-electron chi connectivity index (χ1n) is 8.23. The van der Waals surface area contributed by atoms with E-state index >= 15 is 0 Å². The number of hydrogen-bond acceptors (Lipinski definition) is 4. The van der Waals surface area contributed by atoms with Gasteiger partial charge in [0.1, 0.15) is 18.0 Å². The molecular formula is C17H19F2NO5. The third kappa shape index (κ3) is 4.07. The zero-order valence-corrected chi connectivity index (χ0v) is 13.5. The number of hydrogen-bond donors (Lipinski definition) is 1. The fourth-order valence-electron chi connectivity index (χ4n) is 3.15. The summed E-state index contributed by atoms with van der Waals surface area (Å²) in [6, 6.07) is 3.15. The number of ether oxygens (including phenoxy) is 2. The Morgan fingerprint density at radius 1 is 1.12 bits per heavy atom. The fourth-order valence-corrected chi connectivity index (χ4v) is 3.15. The summed E-state index contributed by atoms with van der Waals surface area (Å²) >= 11 is 0. The van der Waals surface area contributed by atoms with Crippen molar-refractivity contribution in [3.8, 4) is 5.75 Å². The Morgan fingerprint density at radius 3 is 2.40 bits per heavy atom. The Morgan fingerprint density at radius 2 is 1.80 bits per heavy atom. The molecule has 3 rings (SSSR count). The van der Waals surface area contributed by atoms with E-state index in [1.54, 1.807) is 4.90 Å². The lowest BCUT2D eigenvalue weighted by Crippen LogP contribution is -2.46. The number of carboxylic acid groups (broad SMARTS) is 1. The summed E-state index contributed by atoms with van der Waals surface area (Å²) < 4.78 is 37.4. The highest BCUT2D eigenvalue weighted by Crippen LogP contribution is 2.25. The quantitative estimate of drug-likeness (QED) is 0.894. The van der Waals surface area contributed by atoms with Gasteiger partial charge in [0.15, 0.2) is 17.7 Å². The molecule has 2 saturated heterocycles. The van der Waals surface area contributed by atoms with Crippen molar-refractivity contribution < 1.29 is 33.0 Å². The molecular weight excluding hydrogens is 336 g/mol. The molecule has 2 aliphatic heterocycles. The number of carbonyl (C=O) groups excluding carboxylic acids is 1. The Labute approximate surface area is 143 Å². The molecule has 2 heterocycles. The number of amides is 1. The number of benzene rings is 1. The predicted molar refractivity (Wildman–Crippen MR) is 82.1 cm³/mol. The van der Waals surface area contributed by atoms with E-state index < -0.39 is 29.8 Å². The van der Waals surface area contributed by atoms with Crippen LogP contribution in [-0.2, 0) is 14.3 Å². The molecule has 0 bridgehead atoms. The summed E-state index contributed by atoms with van der Waals surface area (Å²) in [5, 5.41) is 8.92. The summed E-state index contributed by atoms with van der Waals surface area (Å²) in [5.41, 5.74) is 0. The second-order valence-electron chi connectivity index (χ2n) is 6.25. The van der Waals surface area contributed by atoms with Crippen LogP contribution in [0.1, 0.15) is 25.7 Å².